The van der Waals surface area contributed by atoms with Crippen LogP contribution < -0.4 is 0 Å². The first-order chi connectivity index (χ1) is 19.2. The maximum absolute atomic E-state index is 14.0. The van der Waals surface area contributed by atoms with E-state index < -0.39 is 47.6 Å². The summed E-state index contributed by atoms with van der Waals surface area (Å²) in [7, 11) is 0. The van der Waals surface area contributed by atoms with Gasteiger partial charge in [-0.15, -0.1) is 0 Å². The number of carbonyl (C=O) groups is 1. The molecule has 0 unspecified atom stereocenters. The molecular formula is C29H28F7NO4. The first-order valence-electron chi connectivity index (χ1n) is 13.1. The van der Waals surface area contributed by atoms with E-state index in [-0.39, 0.29) is 49.1 Å². The number of hydrogen-bond donors (Lipinski definition) is 0. The molecule has 5 atom stereocenters. The van der Waals surface area contributed by atoms with Gasteiger partial charge in [0.2, 0.25) is 0 Å². The van der Waals surface area contributed by atoms with Crippen molar-refractivity contribution in [3.63, 3.8) is 0 Å². The number of fused-ring (bicyclic) bond motifs is 1. The summed E-state index contributed by atoms with van der Waals surface area (Å²) in [5.41, 5.74) is -1.14. The zero-order valence-corrected chi connectivity index (χ0v) is 22.2. The number of halogens is 7. The van der Waals surface area contributed by atoms with Gasteiger partial charge in [-0.3, -0.25) is 4.79 Å². The van der Waals surface area contributed by atoms with E-state index in [0.29, 0.717) is 36.3 Å². The fourth-order valence-electron chi connectivity index (χ4n) is 5.95. The lowest BCUT2D eigenvalue weighted by Gasteiger charge is -2.41. The zero-order chi connectivity index (χ0) is 29.7. The summed E-state index contributed by atoms with van der Waals surface area (Å²) in [5.74, 6) is -1.28. The van der Waals surface area contributed by atoms with E-state index in [4.69, 9.17) is 14.2 Å². The van der Waals surface area contributed by atoms with Gasteiger partial charge in [0, 0.05) is 36.7 Å². The van der Waals surface area contributed by atoms with Gasteiger partial charge in [0.15, 0.2) is 12.1 Å². The molecule has 0 N–H and O–H groups in total. The van der Waals surface area contributed by atoms with E-state index in [0.717, 1.165) is 5.70 Å². The normalized spacial score (nSPS) is 26.1. The summed E-state index contributed by atoms with van der Waals surface area (Å²) in [4.78, 5) is 14.0. The molecule has 0 aliphatic carbocycles. The molecule has 0 bridgehead atoms. The van der Waals surface area contributed by atoms with Gasteiger partial charge >= 0.3 is 12.4 Å². The van der Waals surface area contributed by atoms with Crippen LogP contribution in [0.5, 0.6) is 0 Å². The molecule has 2 aromatic rings. The van der Waals surface area contributed by atoms with Crippen LogP contribution in [0.1, 0.15) is 46.8 Å². The minimum Gasteiger partial charge on any atom is -0.372 e. The molecule has 5 nitrogen and oxygen atoms in total. The average Bonchev–Trinajstić information content (AvgIpc) is 3.32. The molecule has 12 heteroatoms. The van der Waals surface area contributed by atoms with E-state index in [1.54, 1.807) is 19.1 Å². The molecular weight excluding hydrogens is 559 g/mol. The number of benzene rings is 2. The third-order valence-electron chi connectivity index (χ3n) is 7.96. The quantitative estimate of drug-likeness (QED) is 0.378. The fourth-order valence-corrected chi connectivity index (χ4v) is 5.95. The Balaban J connectivity index is 1.47. The lowest BCUT2D eigenvalue weighted by atomic mass is 9.76. The van der Waals surface area contributed by atoms with E-state index in [1.807, 2.05) is 4.90 Å². The van der Waals surface area contributed by atoms with Crippen LogP contribution in [-0.4, -0.2) is 49.9 Å². The number of likely N-dealkylation sites (tertiary alicyclic amines) is 1. The monoisotopic (exact) mass is 587 g/mol. The molecule has 5 rings (SSSR count). The van der Waals surface area contributed by atoms with Crippen LogP contribution in [0.25, 0.3) is 0 Å². The number of rotatable bonds is 5. The number of nitrogens with zero attached hydrogens (tertiary/aromatic N) is 1. The largest absolute Gasteiger partial charge is 0.416 e. The Morgan fingerprint density at radius 1 is 0.976 bits per heavy atom. The van der Waals surface area contributed by atoms with Crippen molar-refractivity contribution < 1.29 is 49.7 Å². The second-order valence-electron chi connectivity index (χ2n) is 10.8. The highest BCUT2D eigenvalue weighted by Crippen LogP contribution is 2.47. The van der Waals surface area contributed by atoms with Crippen molar-refractivity contribution in [2.75, 3.05) is 32.9 Å². The van der Waals surface area contributed by atoms with Crippen LogP contribution in [-0.2, 0) is 31.4 Å². The maximum atomic E-state index is 14.0. The van der Waals surface area contributed by atoms with Crippen molar-refractivity contribution in [3.05, 3.63) is 81.8 Å². The van der Waals surface area contributed by atoms with Crippen LogP contribution in [0, 0.1) is 24.6 Å². The van der Waals surface area contributed by atoms with Gasteiger partial charge in [-0.2, -0.15) is 26.3 Å². The minimum atomic E-state index is -5.00. The summed E-state index contributed by atoms with van der Waals surface area (Å²) in [6, 6.07) is 5.61. The molecule has 3 aliphatic rings. The Kier molecular flexibility index (Phi) is 7.95. The summed E-state index contributed by atoms with van der Waals surface area (Å²) in [6.45, 7) is 4.60. The zero-order valence-electron chi connectivity index (χ0n) is 22.2. The molecule has 2 aromatic carbocycles. The number of alkyl halides is 6. The van der Waals surface area contributed by atoms with Gasteiger partial charge in [0.25, 0.3) is 0 Å². The Hall–Kier alpha value is -2.96. The summed E-state index contributed by atoms with van der Waals surface area (Å²) in [5, 5.41) is 0. The summed E-state index contributed by atoms with van der Waals surface area (Å²) in [6.07, 6.45) is -10.7. The molecule has 2 fully saturated rings. The standard InChI is InChI=1S/C29H28F7NO4/c1-15-5-21(30)3-4-24(15)26-25-11-37(22-9-23(38)14-39-13-22)10-18(25)12-40-27(26)41-16(2)17-6-19(28(31,32)33)8-20(7-17)29(34,35)36/h3-9,16,18,25-27H,10-14H2,1-2H3/t16-,18+,25-,26+,27-/m1/s1. The molecule has 0 amide bonds. The van der Waals surface area contributed by atoms with Crippen LogP contribution >= 0.6 is 0 Å². The van der Waals surface area contributed by atoms with Crippen molar-refractivity contribution in [1.82, 2.24) is 4.90 Å². The molecule has 3 aliphatic heterocycles. The SMILES string of the molecule is Cc1cc(F)ccc1[C@@H]1[C@@H](O[C@H](C)c2cc(C(F)(F)F)cc(C(F)(F)F)c2)OC[C@@H]2CN(C3=CC(=O)COC3)C[C@H]21. The van der Waals surface area contributed by atoms with Gasteiger partial charge < -0.3 is 19.1 Å². The Morgan fingerprint density at radius 3 is 2.27 bits per heavy atom. The van der Waals surface area contributed by atoms with Crippen molar-refractivity contribution >= 4 is 5.78 Å². The molecule has 222 valence electrons. The van der Waals surface area contributed by atoms with Crippen LogP contribution in [0.4, 0.5) is 30.7 Å². The number of ether oxygens (including phenoxy) is 3. The topological polar surface area (TPSA) is 48.0 Å². The lowest BCUT2D eigenvalue weighted by molar-refractivity contribution is -0.217. The van der Waals surface area contributed by atoms with Crippen molar-refractivity contribution in [3.8, 4) is 0 Å². The number of aryl methyl sites for hydroxylation is 1. The van der Waals surface area contributed by atoms with Gasteiger partial charge in [0.05, 0.1) is 30.4 Å². The van der Waals surface area contributed by atoms with E-state index in [2.05, 4.69) is 0 Å². The highest BCUT2D eigenvalue weighted by atomic mass is 19.4. The number of hydrogen-bond acceptors (Lipinski definition) is 5. The highest BCUT2D eigenvalue weighted by molar-refractivity contribution is 5.92. The van der Waals surface area contributed by atoms with E-state index in [1.165, 1.54) is 19.1 Å². The predicted molar refractivity (Wildman–Crippen MR) is 132 cm³/mol. The Bertz CT molecular complexity index is 1310. The summed E-state index contributed by atoms with van der Waals surface area (Å²) >= 11 is 0. The van der Waals surface area contributed by atoms with Crippen molar-refractivity contribution in [1.29, 1.82) is 0 Å². The maximum Gasteiger partial charge on any atom is 0.416 e. The smallest absolute Gasteiger partial charge is 0.372 e. The molecule has 0 aromatic heterocycles. The van der Waals surface area contributed by atoms with Gasteiger partial charge in [0.1, 0.15) is 12.4 Å². The predicted octanol–water partition coefficient (Wildman–Crippen LogP) is 6.42. The minimum absolute atomic E-state index is 0.00407. The van der Waals surface area contributed by atoms with E-state index in [9.17, 15) is 35.5 Å². The second kappa shape index (κ2) is 11.0. The fraction of sp³-hybridized carbons (Fsp3) is 0.483. The Morgan fingerprint density at radius 2 is 1.66 bits per heavy atom. The van der Waals surface area contributed by atoms with Gasteiger partial charge in [-0.25, -0.2) is 4.39 Å². The van der Waals surface area contributed by atoms with Crippen molar-refractivity contribution in [2.45, 2.75) is 44.5 Å². The lowest BCUT2D eigenvalue weighted by Crippen LogP contribution is -2.42. The van der Waals surface area contributed by atoms with Crippen LogP contribution in [0.15, 0.2) is 48.2 Å². The van der Waals surface area contributed by atoms with Gasteiger partial charge in [-0.1, -0.05) is 6.07 Å². The third kappa shape index (κ3) is 6.29. The third-order valence-corrected chi connectivity index (χ3v) is 7.96. The molecule has 3 heterocycles. The molecule has 41 heavy (non-hydrogen) atoms. The number of carbonyl (C=O) groups excluding carboxylic acids is 1. The van der Waals surface area contributed by atoms with E-state index >= 15 is 0 Å². The highest BCUT2D eigenvalue weighted by Gasteiger charge is 2.48. The molecule has 0 spiro atoms. The van der Waals surface area contributed by atoms with Crippen LogP contribution in [0.3, 0.4) is 0 Å². The summed E-state index contributed by atoms with van der Waals surface area (Å²) < 4.78 is 112. The number of ketones is 1. The van der Waals surface area contributed by atoms with Crippen molar-refractivity contribution in [2.24, 2.45) is 11.8 Å². The Labute approximate surface area is 231 Å². The van der Waals surface area contributed by atoms with Gasteiger partial charge in [-0.05, 0) is 66.8 Å². The molecule has 2 saturated heterocycles. The molecule has 0 saturated carbocycles. The first kappa shape index (κ1) is 29.5. The molecule has 0 radical (unpaired) electrons. The second-order valence-corrected chi connectivity index (χ2v) is 10.8. The van der Waals surface area contributed by atoms with Crippen LogP contribution in [0.2, 0.25) is 0 Å². The average molecular weight is 588 g/mol. The first-order valence-corrected chi connectivity index (χ1v) is 13.1.